The van der Waals surface area contributed by atoms with Gasteiger partial charge in [-0.1, -0.05) is 0 Å². The minimum Gasteiger partial charge on any atom is -0.479 e. The Hall–Kier alpha value is -2.09. The van der Waals surface area contributed by atoms with Crippen molar-refractivity contribution in [3.8, 4) is 0 Å². The number of ether oxygens (including phenoxy) is 1. The number of nitrogens with zero attached hydrogens (tertiary/aromatic N) is 2. The molecular formula is C13H20N4O4. The van der Waals surface area contributed by atoms with Gasteiger partial charge in [-0.15, -0.1) is 0 Å². The predicted octanol–water partition coefficient (Wildman–Crippen LogP) is -0.106. The molecule has 3 N–H and O–H groups in total. The molecule has 0 radical (unpaired) electrons. The minimum absolute atomic E-state index is 0.227. The quantitative estimate of drug-likeness (QED) is 0.679. The first-order valence-corrected chi connectivity index (χ1v) is 6.92. The number of urea groups is 1. The number of aromatic nitrogens is 2. The predicted molar refractivity (Wildman–Crippen MR) is 73.8 cm³/mol. The van der Waals surface area contributed by atoms with Gasteiger partial charge in [0.15, 0.2) is 6.10 Å². The summed E-state index contributed by atoms with van der Waals surface area (Å²) in [5.74, 6) is -0.946. The van der Waals surface area contributed by atoms with Crippen molar-refractivity contribution in [3.05, 3.63) is 18.0 Å². The molecule has 1 aromatic heterocycles. The number of aryl methyl sites for hydroxylation is 1. The van der Waals surface area contributed by atoms with Gasteiger partial charge in [0.1, 0.15) is 0 Å². The van der Waals surface area contributed by atoms with Crippen LogP contribution >= 0.6 is 0 Å². The van der Waals surface area contributed by atoms with Crippen molar-refractivity contribution in [1.29, 1.82) is 0 Å². The second kappa shape index (κ2) is 7.07. The largest absolute Gasteiger partial charge is 0.479 e. The third-order valence-corrected chi connectivity index (χ3v) is 3.33. The fourth-order valence-electron chi connectivity index (χ4n) is 2.23. The molecule has 2 heterocycles. The van der Waals surface area contributed by atoms with Crippen LogP contribution in [0.3, 0.4) is 0 Å². The molecule has 1 saturated heterocycles. The van der Waals surface area contributed by atoms with Crippen LogP contribution < -0.4 is 10.6 Å². The Morgan fingerprint density at radius 2 is 2.29 bits per heavy atom. The average molecular weight is 296 g/mol. The number of carboxylic acids is 1. The van der Waals surface area contributed by atoms with Gasteiger partial charge in [0.25, 0.3) is 0 Å². The third-order valence-electron chi connectivity index (χ3n) is 3.33. The van der Waals surface area contributed by atoms with Crippen molar-refractivity contribution in [3.63, 3.8) is 0 Å². The summed E-state index contributed by atoms with van der Waals surface area (Å²) >= 11 is 0. The maximum absolute atomic E-state index is 11.6. The van der Waals surface area contributed by atoms with Crippen LogP contribution in [0.25, 0.3) is 0 Å². The lowest BCUT2D eigenvalue weighted by molar-refractivity contribution is -0.149. The lowest BCUT2D eigenvalue weighted by Gasteiger charge is -2.12. The second-order valence-electron chi connectivity index (χ2n) is 5.07. The van der Waals surface area contributed by atoms with Gasteiger partial charge in [-0.2, -0.15) is 5.10 Å². The number of aliphatic carboxylic acids is 1. The standard InChI is InChI=1S/C13H20N4O4/c1-17-8-9(6-16-17)4-5-14-13(20)15-7-10-2-3-11(21-10)12(18)19/h6,8,10-11H,2-5,7H2,1H3,(H,18,19)(H2,14,15,20). The van der Waals surface area contributed by atoms with Gasteiger partial charge in [-0.25, -0.2) is 9.59 Å². The molecule has 1 fully saturated rings. The monoisotopic (exact) mass is 296 g/mol. The SMILES string of the molecule is Cn1cc(CCNC(=O)NCC2CCC(C(=O)O)O2)cn1. The zero-order chi connectivity index (χ0) is 15.2. The summed E-state index contributed by atoms with van der Waals surface area (Å²) in [6.07, 6.45) is 4.54. The topological polar surface area (TPSA) is 105 Å². The molecule has 8 nitrogen and oxygen atoms in total. The summed E-state index contributed by atoms with van der Waals surface area (Å²) in [6.45, 7) is 0.837. The molecule has 8 heteroatoms. The van der Waals surface area contributed by atoms with E-state index in [1.54, 1.807) is 10.9 Å². The number of carbonyl (C=O) groups excluding carboxylic acids is 1. The molecule has 2 amide bonds. The van der Waals surface area contributed by atoms with Crippen LogP contribution in [0.1, 0.15) is 18.4 Å². The highest BCUT2D eigenvalue weighted by Crippen LogP contribution is 2.19. The summed E-state index contributed by atoms with van der Waals surface area (Å²) in [7, 11) is 1.84. The van der Waals surface area contributed by atoms with E-state index in [9.17, 15) is 9.59 Å². The highest BCUT2D eigenvalue weighted by atomic mass is 16.5. The van der Waals surface area contributed by atoms with Gasteiger partial charge in [0.2, 0.25) is 0 Å². The first kappa shape index (κ1) is 15.3. The first-order valence-electron chi connectivity index (χ1n) is 6.92. The number of carboxylic acid groups (broad SMARTS) is 1. The van der Waals surface area contributed by atoms with E-state index in [4.69, 9.17) is 9.84 Å². The Labute approximate surface area is 122 Å². The van der Waals surface area contributed by atoms with Crippen molar-refractivity contribution >= 4 is 12.0 Å². The summed E-state index contributed by atoms with van der Waals surface area (Å²) < 4.78 is 7.01. The molecular weight excluding hydrogens is 276 g/mol. The zero-order valence-electron chi connectivity index (χ0n) is 11.9. The van der Waals surface area contributed by atoms with Gasteiger partial charge >= 0.3 is 12.0 Å². The van der Waals surface area contributed by atoms with E-state index >= 15 is 0 Å². The van der Waals surface area contributed by atoms with E-state index < -0.39 is 12.1 Å². The van der Waals surface area contributed by atoms with Crippen molar-refractivity contribution in [1.82, 2.24) is 20.4 Å². The smallest absolute Gasteiger partial charge is 0.332 e. The lowest BCUT2D eigenvalue weighted by Crippen LogP contribution is -2.40. The maximum atomic E-state index is 11.6. The molecule has 21 heavy (non-hydrogen) atoms. The first-order chi connectivity index (χ1) is 10.0. The van der Waals surface area contributed by atoms with Gasteiger partial charge in [0, 0.05) is 26.3 Å². The highest BCUT2D eigenvalue weighted by Gasteiger charge is 2.30. The van der Waals surface area contributed by atoms with Crippen LogP contribution in [0.5, 0.6) is 0 Å². The van der Waals surface area contributed by atoms with Crippen molar-refractivity contribution in [2.75, 3.05) is 13.1 Å². The molecule has 0 saturated carbocycles. The molecule has 116 valence electrons. The van der Waals surface area contributed by atoms with Crippen LogP contribution in [0.4, 0.5) is 4.79 Å². The van der Waals surface area contributed by atoms with Gasteiger partial charge in [-0.05, 0) is 24.8 Å². The van der Waals surface area contributed by atoms with Gasteiger partial charge in [-0.3, -0.25) is 4.68 Å². The van der Waals surface area contributed by atoms with E-state index in [2.05, 4.69) is 15.7 Å². The highest BCUT2D eigenvalue weighted by molar-refractivity contribution is 5.74. The molecule has 1 aliphatic rings. The molecule has 2 atom stereocenters. The number of hydrogen-bond donors (Lipinski definition) is 3. The summed E-state index contributed by atoms with van der Waals surface area (Å²) in [4.78, 5) is 22.3. The Bertz CT molecular complexity index is 502. The Morgan fingerprint density at radius 3 is 2.90 bits per heavy atom. The van der Waals surface area contributed by atoms with Crippen LogP contribution in [0.15, 0.2) is 12.4 Å². The van der Waals surface area contributed by atoms with E-state index in [0.29, 0.717) is 32.4 Å². The number of rotatable bonds is 6. The zero-order valence-corrected chi connectivity index (χ0v) is 11.9. The van der Waals surface area contributed by atoms with Crippen LogP contribution in [-0.4, -0.2) is 52.2 Å². The summed E-state index contributed by atoms with van der Waals surface area (Å²) in [5, 5.41) is 18.3. The summed E-state index contributed by atoms with van der Waals surface area (Å²) in [6, 6.07) is -0.277. The minimum atomic E-state index is -0.946. The van der Waals surface area contributed by atoms with Crippen LogP contribution in [-0.2, 0) is 23.0 Å². The van der Waals surface area contributed by atoms with Crippen molar-refractivity contribution < 1.29 is 19.4 Å². The second-order valence-corrected chi connectivity index (χ2v) is 5.07. The van der Waals surface area contributed by atoms with E-state index in [-0.39, 0.29) is 12.1 Å². The van der Waals surface area contributed by atoms with Crippen molar-refractivity contribution in [2.24, 2.45) is 7.05 Å². The molecule has 0 aliphatic carbocycles. The van der Waals surface area contributed by atoms with Crippen LogP contribution in [0, 0.1) is 0 Å². The molecule has 2 unspecified atom stereocenters. The molecule has 1 aliphatic heterocycles. The lowest BCUT2D eigenvalue weighted by atomic mass is 10.2. The van der Waals surface area contributed by atoms with E-state index in [1.165, 1.54) is 0 Å². The fourth-order valence-corrected chi connectivity index (χ4v) is 2.23. The molecule has 1 aromatic rings. The maximum Gasteiger partial charge on any atom is 0.332 e. The Balaban J connectivity index is 1.59. The van der Waals surface area contributed by atoms with Gasteiger partial charge < -0.3 is 20.5 Å². The van der Waals surface area contributed by atoms with Crippen molar-refractivity contribution in [2.45, 2.75) is 31.5 Å². The normalized spacial score (nSPS) is 21.2. The number of amides is 2. The van der Waals surface area contributed by atoms with Gasteiger partial charge in [0.05, 0.1) is 12.3 Å². The molecule has 2 rings (SSSR count). The summed E-state index contributed by atoms with van der Waals surface area (Å²) in [5.41, 5.74) is 1.06. The Morgan fingerprint density at radius 1 is 1.48 bits per heavy atom. The fraction of sp³-hybridized carbons (Fsp3) is 0.615. The molecule has 0 aromatic carbocycles. The Kier molecular flexibility index (Phi) is 5.15. The number of hydrogen-bond acceptors (Lipinski definition) is 4. The average Bonchev–Trinajstić information content (AvgIpc) is 3.05. The van der Waals surface area contributed by atoms with E-state index in [1.807, 2.05) is 13.2 Å². The molecule has 0 bridgehead atoms. The van der Waals surface area contributed by atoms with Crippen LogP contribution in [0.2, 0.25) is 0 Å². The third kappa shape index (κ3) is 4.75. The number of carbonyl (C=O) groups is 2. The van der Waals surface area contributed by atoms with E-state index in [0.717, 1.165) is 5.56 Å². The molecule has 0 spiro atoms. The number of nitrogens with one attached hydrogen (secondary N) is 2.